The van der Waals surface area contributed by atoms with E-state index >= 15 is 0 Å². The smallest absolute Gasteiger partial charge is 0.0945 e. The molecule has 17 heavy (non-hydrogen) atoms. The second kappa shape index (κ2) is 10.3. The zero-order valence-corrected chi connectivity index (χ0v) is 10.9. The summed E-state index contributed by atoms with van der Waals surface area (Å²) in [7, 11) is 0. The summed E-state index contributed by atoms with van der Waals surface area (Å²) in [6.45, 7) is 7.03. The first-order valence-corrected chi connectivity index (χ1v) is 6.67. The van der Waals surface area contributed by atoms with Crippen LogP contribution in [0.15, 0.2) is 18.7 Å². The van der Waals surface area contributed by atoms with Gasteiger partial charge in [-0.1, -0.05) is 13.3 Å². The SMILES string of the molecule is CCCCOCCNCCCCn1ccnc1. The molecule has 1 rings (SSSR count). The molecule has 0 atom stereocenters. The predicted molar refractivity (Wildman–Crippen MR) is 70.1 cm³/mol. The minimum absolute atomic E-state index is 0.835. The molecule has 4 nitrogen and oxygen atoms in total. The van der Waals surface area contributed by atoms with Crippen LogP contribution in [0.4, 0.5) is 0 Å². The Hall–Kier alpha value is -0.870. The first kappa shape index (κ1) is 14.2. The van der Waals surface area contributed by atoms with Crippen molar-refractivity contribution in [1.82, 2.24) is 14.9 Å². The maximum absolute atomic E-state index is 5.46. The Labute approximate surface area is 104 Å². The highest BCUT2D eigenvalue weighted by atomic mass is 16.5. The zero-order valence-electron chi connectivity index (χ0n) is 10.9. The number of nitrogens with one attached hydrogen (secondary N) is 1. The molecular formula is C13H25N3O. The highest BCUT2D eigenvalue weighted by Crippen LogP contribution is 1.93. The largest absolute Gasteiger partial charge is 0.380 e. The summed E-state index contributed by atoms with van der Waals surface area (Å²) in [5.41, 5.74) is 0. The van der Waals surface area contributed by atoms with E-state index in [0.717, 1.165) is 32.8 Å². The van der Waals surface area contributed by atoms with Crippen molar-refractivity contribution in [2.45, 2.75) is 39.2 Å². The molecular weight excluding hydrogens is 214 g/mol. The first-order valence-electron chi connectivity index (χ1n) is 6.67. The lowest BCUT2D eigenvalue weighted by molar-refractivity contribution is 0.133. The Morgan fingerprint density at radius 2 is 2.12 bits per heavy atom. The molecule has 0 aromatic carbocycles. The number of imidazole rings is 1. The van der Waals surface area contributed by atoms with Crippen LogP contribution in [0.1, 0.15) is 32.6 Å². The summed E-state index contributed by atoms with van der Waals surface area (Å²) in [5.74, 6) is 0. The van der Waals surface area contributed by atoms with Crippen LogP contribution in [0.3, 0.4) is 0 Å². The number of rotatable bonds is 11. The second-order valence-corrected chi connectivity index (χ2v) is 4.22. The summed E-state index contributed by atoms with van der Waals surface area (Å²) in [5, 5.41) is 3.39. The third-order valence-corrected chi connectivity index (χ3v) is 2.64. The van der Waals surface area contributed by atoms with Crippen molar-refractivity contribution < 1.29 is 4.74 Å². The van der Waals surface area contributed by atoms with E-state index in [1.807, 2.05) is 18.7 Å². The molecule has 0 spiro atoms. The lowest BCUT2D eigenvalue weighted by atomic mass is 10.3. The van der Waals surface area contributed by atoms with Crippen molar-refractivity contribution in [2.75, 3.05) is 26.3 Å². The number of ether oxygens (including phenoxy) is 1. The number of aromatic nitrogens is 2. The fraction of sp³-hybridized carbons (Fsp3) is 0.769. The Morgan fingerprint density at radius 1 is 1.18 bits per heavy atom. The summed E-state index contributed by atoms with van der Waals surface area (Å²) in [4.78, 5) is 4.02. The van der Waals surface area contributed by atoms with Crippen molar-refractivity contribution in [3.8, 4) is 0 Å². The molecule has 98 valence electrons. The monoisotopic (exact) mass is 239 g/mol. The van der Waals surface area contributed by atoms with Gasteiger partial charge in [0.15, 0.2) is 0 Å². The van der Waals surface area contributed by atoms with E-state index in [1.54, 1.807) is 0 Å². The van der Waals surface area contributed by atoms with Crippen molar-refractivity contribution in [3.05, 3.63) is 18.7 Å². The summed E-state index contributed by atoms with van der Waals surface area (Å²) in [6, 6.07) is 0. The Balaban J connectivity index is 1.76. The standard InChI is InChI=1S/C13H25N3O/c1-2-3-11-17-12-8-14-6-4-5-9-16-10-7-15-13-16/h7,10,13-14H,2-6,8-9,11-12H2,1H3. The predicted octanol–water partition coefficient (Wildman–Crippen LogP) is 2.07. The minimum Gasteiger partial charge on any atom is -0.380 e. The fourth-order valence-corrected chi connectivity index (χ4v) is 1.58. The van der Waals surface area contributed by atoms with E-state index in [1.165, 1.54) is 25.7 Å². The molecule has 0 saturated carbocycles. The molecule has 4 heteroatoms. The molecule has 0 fully saturated rings. The Kier molecular flexibility index (Phi) is 8.59. The molecule has 0 amide bonds. The fourth-order valence-electron chi connectivity index (χ4n) is 1.58. The average molecular weight is 239 g/mol. The van der Waals surface area contributed by atoms with E-state index in [-0.39, 0.29) is 0 Å². The van der Waals surface area contributed by atoms with Crippen LogP contribution < -0.4 is 5.32 Å². The Morgan fingerprint density at radius 3 is 2.88 bits per heavy atom. The molecule has 0 aliphatic heterocycles. The molecule has 0 saturated heterocycles. The quantitative estimate of drug-likeness (QED) is 0.601. The molecule has 1 N–H and O–H groups in total. The van der Waals surface area contributed by atoms with Gasteiger partial charge in [0, 0.05) is 32.1 Å². The first-order chi connectivity index (χ1) is 8.43. The van der Waals surface area contributed by atoms with Gasteiger partial charge in [0.2, 0.25) is 0 Å². The van der Waals surface area contributed by atoms with E-state index in [2.05, 4.69) is 21.8 Å². The number of nitrogens with zero attached hydrogens (tertiary/aromatic N) is 2. The highest BCUT2D eigenvalue weighted by Gasteiger charge is 1.92. The normalized spacial score (nSPS) is 10.9. The van der Waals surface area contributed by atoms with E-state index in [9.17, 15) is 0 Å². The topological polar surface area (TPSA) is 39.1 Å². The zero-order chi connectivity index (χ0) is 12.2. The molecule has 1 aromatic heterocycles. The molecule has 0 aliphatic carbocycles. The minimum atomic E-state index is 0.835. The molecule has 0 aliphatic rings. The molecule has 0 radical (unpaired) electrons. The lowest BCUT2D eigenvalue weighted by Crippen LogP contribution is -2.21. The average Bonchev–Trinajstić information content (AvgIpc) is 2.85. The van der Waals surface area contributed by atoms with Gasteiger partial charge in [-0.2, -0.15) is 0 Å². The van der Waals surface area contributed by atoms with Gasteiger partial charge in [0.05, 0.1) is 12.9 Å². The van der Waals surface area contributed by atoms with Crippen LogP contribution >= 0.6 is 0 Å². The van der Waals surface area contributed by atoms with Gasteiger partial charge >= 0.3 is 0 Å². The molecule has 0 unspecified atom stereocenters. The van der Waals surface area contributed by atoms with Crippen LogP contribution in [-0.2, 0) is 11.3 Å². The van der Waals surface area contributed by atoms with Gasteiger partial charge in [-0.15, -0.1) is 0 Å². The van der Waals surface area contributed by atoms with Crippen molar-refractivity contribution >= 4 is 0 Å². The van der Waals surface area contributed by atoms with Crippen LogP contribution in [0.5, 0.6) is 0 Å². The van der Waals surface area contributed by atoms with Crippen LogP contribution in [0.2, 0.25) is 0 Å². The van der Waals surface area contributed by atoms with Gasteiger partial charge in [0.25, 0.3) is 0 Å². The highest BCUT2D eigenvalue weighted by molar-refractivity contribution is 4.73. The van der Waals surface area contributed by atoms with E-state index in [4.69, 9.17) is 4.74 Å². The van der Waals surface area contributed by atoms with E-state index in [0.29, 0.717) is 0 Å². The number of unbranched alkanes of at least 4 members (excludes halogenated alkanes) is 2. The van der Waals surface area contributed by atoms with Gasteiger partial charge in [0.1, 0.15) is 0 Å². The summed E-state index contributed by atoms with van der Waals surface area (Å²) in [6.07, 6.45) is 10.5. The maximum Gasteiger partial charge on any atom is 0.0945 e. The van der Waals surface area contributed by atoms with Crippen molar-refractivity contribution in [2.24, 2.45) is 0 Å². The van der Waals surface area contributed by atoms with Gasteiger partial charge in [-0.05, 0) is 25.8 Å². The van der Waals surface area contributed by atoms with Gasteiger partial charge < -0.3 is 14.6 Å². The number of aryl methyl sites for hydroxylation is 1. The van der Waals surface area contributed by atoms with Gasteiger partial charge in [-0.3, -0.25) is 0 Å². The number of hydrogen-bond acceptors (Lipinski definition) is 3. The van der Waals surface area contributed by atoms with Gasteiger partial charge in [-0.25, -0.2) is 4.98 Å². The third-order valence-electron chi connectivity index (χ3n) is 2.64. The van der Waals surface area contributed by atoms with Crippen LogP contribution in [0.25, 0.3) is 0 Å². The van der Waals surface area contributed by atoms with E-state index < -0.39 is 0 Å². The Bertz CT molecular complexity index is 249. The molecule has 1 aromatic rings. The van der Waals surface area contributed by atoms with Crippen LogP contribution in [-0.4, -0.2) is 35.9 Å². The van der Waals surface area contributed by atoms with Crippen molar-refractivity contribution in [1.29, 1.82) is 0 Å². The molecule has 1 heterocycles. The molecule has 0 bridgehead atoms. The second-order valence-electron chi connectivity index (χ2n) is 4.22. The maximum atomic E-state index is 5.46. The van der Waals surface area contributed by atoms with Crippen LogP contribution in [0, 0.1) is 0 Å². The third kappa shape index (κ3) is 7.94. The number of hydrogen-bond donors (Lipinski definition) is 1. The summed E-state index contributed by atoms with van der Waals surface area (Å²) < 4.78 is 7.58. The lowest BCUT2D eigenvalue weighted by Gasteiger charge is -2.06. The summed E-state index contributed by atoms with van der Waals surface area (Å²) >= 11 is 0. The van der Waals surface area contributed by atoms with Crippen molar-refractivity contribution in [3.63, 3.8) is 0 Å².